The van der Waals surface area contributed by atoms with Crippen LogP contribution >= 0.6 is 0 Å². The SMILES string of the molecule is CN(C)C1(CNS(=O)(=O)c2ccc(CO)cn2)CCCC1. The fourth-order valence-corrected chi connectivity index (χ4v) is 3.83. The summed E-state index contributed by atoms with van der Waals surface area (Å²) in [6.07, 6.45) is 5.64. The van der Waals surface area contributed by atoms with Gasteiger partial charge in [0.1, 0.15) is 0 Å². The number of hydrogen-bond donors (Lipinski definition) is 2. The average Bonchev–Trinajstić information content (AvgIpc) is 2.96. The zero-order valence-corrected chi connectivity index (χ0v) is 13.4. The van der Waals surface area contributed by atoms with Crippen LogP contribution in [0.2, 0.25) is 0 Å². The predicted molar refractivity (Wildman–Crippen MR) is 80.2 cm³/mol. The van der Waals surface area contributed by atoms with Crippen molar-refractivity contribution >= 4 is 10.0 Å². The van der Waals surface area contributed by atoms with Crippen LogP contribution in [0.25, 0.3) is 0 Å². The van der Waals surface area contributed by atoms with Crippen LogP contribution in [0.3, 0.4) is 0 Å². The van der Waals surface area contributed by atoms with Gasteiger partial charge < -0.3 is 10.0 Å². The molecule has 1 aromatic rings. The number of hydrogen-bond acceptors (Lipinski definition) is 5. The second-order valence-electron chi connectivity index (χ2n) is 5.81. The Labute approximate surface area is 126 Å². The minimum Gasteiger partial charge on any atom is -0.392 e. The molecule has 0 aliphatic heterocycles. The van der Waals surface area contributed by atoms with E-state index >= 15 is 0 Å². The molecule has 0 bridgehead atoms. The molecule has 2 N–H and O–H groups in total. The maximum Gasteiger partial charge on any atom is 0.258 e. The molecule has 0 aromatic carbocycles. The monoisotopic (exact) mass is 313 g/mol. The minimum absolute atomic E-state index is 0.00777. The lowest BCUT2D eigenvalue weighted by molar-refractivity contribution is 0.162. The van der Waals surface area contributed by atoms with Crippen LogP contribution in [0.5, 0.6) is 0 Å². The summed E-state index contributed by atoms with van der Waals surface area (Å²) >= 11 is 0. The highest BCUT2D eigenvalue weighted by molar-refractivity contribution is 7.89. The van der Waals surface area contributed by atoms with Gasteiger partial charge in [-0.1, -0.05) is 18.9 Å². The molecule has 1 saturated carbocycles. The van der Waals surface area contributed by atoms with Gasteiger partial charge in [0.15, 0.2) is 5.03 Å². The van der Waals surface area contributed by atoms with Crippen molar-refractivity contribution in [1.29, 1.82) is 0 Å². The van der Waals surface area contributed by atoms with Gasteiger partial charge >= 0.3 is 0 Å². The van der Waals surface area contributed by atoms with Crippen molar-refractivity contribution in [3.63, 3.8) is 0 Å². The molecular formula is C14H23N3O3S. The molecule has 2 rings (SSSR count). The van der Waals surface area contributed by atoms with Crippen LogP contribution in [-0.2, 0) is 16.6 Å². The second kappa shape index (κ2) is 6.39. The average molecular weight is 313 g/mol. The molecule has 21 heavy (non-hydrogen) atoms. The first kappa shape index (κ1) is 16.4. The van der Waals surface area contributed by atoms with E-state index in [1.807, 2.05) is 14.1 Å². The summed E-state index contributed by atoms with van der Waals surface area (Å²) in [6, 6.07) is 2.99. The number of likely N-dealkylation sites (N-methyl/N-ethyl adjacent to an activating group) is 1. The summed E-state index contributed by atoms with van der Waals surface area (Å²) in [5.74, 6) is 0. The van der Waals surface area contributed by atoms with E-state index in [1.54, 1.807) is 6.07 Å². The molecule has 118 valence electrons. The van der Waals surface area contributed by atoms with Gasteiger partial charge in [0.05, 0.1) is 6.61 Å². The zero-order valence-electron chi connectivity index (χ0n) is 12.5. The van der Waals surface area contributed by atoms with Crippen molar-refractivity contribution < 1.29 is 13.5 Å². The molecule has 0 unspecified atom stereocenters. The molecule has 6 nitrogen and oxygen atoms in total. The topological polar surface area (TPSA) is 82.5 Å². The number of nitrogens with one attached hydrogen (secondary N) is 1. The Morgan fingerprint density at radius 1 is 1.33 bits per heavy atom. The van der Waals surface area contributed by atoms with Crippen LogP contribution in [-0.4, -0.2) is 49.6 Å². The van der Waals surface area contributed by atoms with E-state index in [4.69, 9.17) is 5.11 Å². The summed E-state index contributed by atoms with van der Waals surface area (Å²) in [4.78, 5) is 6.03. The minimum atomic E-state index is -3.61. The van der Waals surface area contributed by atoms with Crippen LogP contribution in [0, 0.1) is 0 Å². The van der Waals surface area contributed by atoms with E-state index in [0.29, 0.717) is 12.1 Å². The second-order valence-corrected chi connectivity index (χ2v) is 7.53. The fraction of sp³-hybridized carbons (Fsp3) is 0.643. The standard InChI is InChI=1S/C14H23N3O3S/c1-17(2)14(7-3-4-8-14)11-16-21(19,20)13-6-5-12(10-18)9-15-13/h5-6,9,16,18H,3-4,7-8,10-11H2,1-2H3. The lowest BCUT2D eigenvalue weighted by Gasteiger charge is -2.36. The Morgan fingerprint density at radius 2 is 2.00 bits per heavy atom. The number of aliphatic hydroxyl groups is 1. The third-order valence-electron chi connectivity index (χ3n) is 4.33. The molecule has 0 spiro atoms. The molecule has 0 saturated heterocycles. The molecule has 7 heteroatoms. The normalized spacial score (nSPS) is 18.3. The van der Waals surface area contributed by atoms with Gasteiger partial charge in [0.25, 0.3) is 10.0 Å². The molecule has 1 heterocycles. The summed E-state index contributed by atoms with van der Waals surface area (Å²) in [5, 5.41) is 8.95. The molecule has 0 radical (unpaired) electrons. The highest BCUT2D eigenvalue weighted by Crippen LogP contribution is 2.33. The van der Waals surface area contributed by atoms with E-state index in [2.05, 4.69) is 14.6 Å². The molecular weight excluding hydrogens is 290 g/mol. The van der Waals surface area contributed by atoms with E-state index in [-0.39, 0.29) is 17.2 Å². The Bertz CT molecular complexity index is 564. The smallest absolute Gasteiger partial charge is 0.258 e. The van der Waals surface area contributed by atoms with E-state index in [1.165, 1.54) is 12.3 Å². The van der Waals surface area contributed by atoms with E-state index in [9.17, 15) is 8.42 Å². The first-order chi connectivity index (χ1) is 9.89. The molecule has 1 fully saturated rings. The lowest BCUT2D eigenvalue weighted by atomic mass is 9.97. The first-order valence-corrected chi connectivity index (χ1v) is 8.61. The molecule has 1 aromatic heterocycles. The molecule has 1 aliphatic carbocycles. The molecule has 1 aliphatic rings. The number of rotatable bonds is 6. The quantitative estimate of drug-likeness (QED) is 0.809. The van der Waals surface area contributed by atoms with Gasteiger partial charge in [-0.2, -0.15) is 0 Å². The van der Waals surface area contributed by atoms with Crippen LogP contribution < -0.4 is 4.72 Å². The van der Waals surface area contributed by atoms with Crippen molar-refractivity contribution in [3.8, 4) is 0 Å². The Balaban J connectivity index is 2.10. The first-order valence-electron chi connectivity index (χ1n) is 7.12. The summed E-state index contributed by atoms with van der Waals surface area (Å²) in [7, 11) is 0.374. The predicted octanol–water partition coefficient (Wildman–Crippen LogP) is 0.727. The lowest BCUT2D eigenvalue weighted by Crippen LogP contribution is -2.50. The zero-order chi connectivity index (χ0) is 15.5. The number of aliphatic hydroxyl groups excluding tert-OH is 1. The van der Waals surface area contributed by atoms with E-state index in [0.717, 1.165) is 25.7 Å². The van der Waals surface area contributed by atoms with Crippen molar-refractivity contribution in [2.24, 2.45) is 0 Å². The van der Waals surface area contributed by atoms with Gasteiger partial charge in [-0.3, -0.25) is 0 Å². The largest absolute Gasteiger partial charge is 0.392 e. The Hall–Kier alpha value is -1.02. The van der Waals surface area contributed by atoms with Gasteiger partial charge in [-0.15, -0.1) is 0 Å². The highest BCUT2D eigenvalue weighted by atomic mass is 32.2. The fourth-order valence-electron chi connectivity index (χ4n) is 2.78. The number of sulfonamides is 1. The van der Waals surface area contributed by atoms with Crippen molar-refractivity contribution in [2.75, 3.05) is 20.6 Å². The molecule has 0 atom stereocenters. The van der Waals surface area contributed by atoms with E-state index < -0.39 is 10.0 Å². The summed E-state index contributed by atoms with van der Waals surface area (Å²) in [5.41, 5.74) is 0.493. The van der Waals surface area contributed by atoms with Gasteiger partial charge in [0.2, 0.25) is 0 Å². The number of nitrogens with zero attached hydrogens (tertiary/aromatic N) is 2. The van der Waals surface area contributed by atoms with Crippen LogP contribution in [0.1, 0.15) is 31.2 Å². The Morgan fingerprint density at radius 3 is 2.48 bits per heavy atom. The van der Waals surface area contributed by atoms with Gasteiger partial charge in [0, 0.05) is 18.3 Å². The van der Waals surface area contributed by atoms with Crippen molar-refractivity contribution in [1.82, 2.24) is 14.6 Å². The third-order valence-corrected chi connectivity index (χ3v) is 5.65. The number of pyridine rings is 1. The summed E-state index contributed by atoms with van der Waals surface area (Å²) < 4.78 is 27.3. The molecule has 0 amide bonds. The van der Waals surface area contributed by atoms with Crippen LogP contribution in [0.15, 0.2) is 23.4 Å². The van der Waals surface area contributed by atoms with Crippen LogP contribution in [0.4, 0.5) is 0 Å². The maximum atomic E-state index is 12.3. The van der Waals surface area contributed by atoms with Gasteiger partial charge in [-0.05, 0) is 38.6 Å². The number of aromatic nitrogens is 1. The summed E-state index contributed by atoms with van der Waals surface area (Å²) in [6.45, 7) is 0.246. The van der Waals surface area contributed by atoms with Crippen molar-refractivity contribution in [3.05, 3.63) is 23.9 Å². The Kier molecular flexibility index (Phi) is 4.98. The third kappa shape index (κ3) is 3.60. The maximum absolute atomic E-state index is 12.3. The highest BCUT2D eigenvalue weighted by Gasteiger charge is 2.37. The van der Waals surface area contributed by atoms with Crippen molar-refractivity contribution in [2.45, 2.75) is 42.9 Å². The van der Waals surface area contributed by atoms with Gasteiger partial charge in [-0.25, -0.2) is 18.1 Å².